The number of allylic oxidation sites excluding steroid dienone is 2. The van der Waals surface area contributed by atoms with Gasteiger partial charge >= 0.3 is 6.03 Å². The van der Waals surface area contributed by atoms with Crippen LogP contribution in [0.2, 0.25) is 0 Å². The Kier molecular flexibility index (Phi) is 8.11. The Morgan fingerprint density at radius 3 is 2.39 bits per heavy atom. The van der Waals surface area contributed by atoms with Gasteiger partial charge in [0.05, 0.1) is 22.7 Å². The number of urea groups is 1. The van der Waals surface area contributed by atoms with Crippen molar-refractivity contribution in [2.45, 2.75) is 21.1 Å². The quantitative estimate of drug-likeness (QED) is 0.217. The molecule has 4 aromatic carbocycles. The summed E-state index contributed by atoms with van der Waals surface area (Å²) in [5, 5.41) is 6.15. The number of hydrogen-bond donors (Lipinski definition) is 2. The standard InChI is InChI=1S/C33H27N3O3S2/c37-32(34-23-17-19-26(20-18-23)39-25-10-2-1-3-11-25)22-40-27-12-8-9-24(21-27)35-33(38)36-28-13-4-6-15-30(28)41-31-16-7-5-14-29(31)36/h1-21,28,30H,22H2,(H,34,37)(H,35,38). The highest BCUT2D eigenvalue weighted by Crippen LogP contribution is 2.43. The van der Waals surface area contributed by atoms with Crippen LogP contribution in [0.25, 0.3) is 0 Å². The largest absolute Gasteiger partial charge is 0.457 e. The van der Waals surface area contributed by atoms with Crippen LogP contribution in [0.3, 0.4) is 0 Å². The van der Waals surface area contributed by atoms with Gasteiger partial charge in [0, 0.05) is 21.2 Å². The molecular weight excluding hydrogens is 551 g/mol. The number of nitrogens with one attached hydrogen (secondary N) is 2. The number of benzene rings is 4. The zero-order valence-electron chi connectivity index (χ0n) is 22.0. The zero-order chi connectivity index (χ0) is 28.0. The van der Waals surface area contributed by atoms with Crippen LogP contribution in [0.15, 0.2) is 137 Å². The SMILES string of the molecule is O=C(CSc1cccc(NC(=O)N2c3ccccc3SC3C=CC=CC32)c1)Nc1ccc(Oc2ccccc2)cc1. The van der Waals surface area contributed by atoms with Gasteiger partial charge in [-0.1, -0.05) is 60.7 Å². The average Bonchev–Trinajstić information content (AvgIpc) is 3.00. The Labute approximate surface area is 247 Å². The Hall–Kier alpha value is -4.40. The van der Waals surface area contributed by atoms with E-state index in [0.29, 0.717) is 17.1 Å². The van der Waals surface area contributed by atoms with Crippen molar-refractivity contribution in [2.75, 3.05) is 21.3 Å². The lowest BCUT2D eigenvalue weighted by molar-refractivity contribution is -0.113. The molecular formula is C33H27N3O3S2. The van der Waals surface area contributed by atoms with Crippen molar-refractivity contribution in [3.8, 4) is 11.5 Å². The van der Waals surface area contributed by atoms with Crippen LogP contribution in [0.4, 0.5) is 21.9 Å². The number of hydrogen-bond acceptors (Lipinski definition) is 5. The molecule has 41 heavy (non-hydrogen) atoms. The monoisotopic (exact) mass is 577 g/mol. The normalized spacial score (nSPS) is 16.8. The van der Waals surface area contributed by atoms with Crippen molar-refractivity contribution in [1.29, 1.82) is 0 Å². The van der Waals surface area contributed by atoms with Gasteiger partial charge in [-0.3, -0.25) is 9.69 Å². The van der Waals surface area contributed by atoms with Crippen LogP contribution in [0, 0.1) is 0 Å². The number of rotatable bonds is 7. The summed E-state index contributed by atoms with van der Waals surface area (Å²) >= 11 is 3.19. The fraction of sp³-hybridized carbons (Fsp3) is 0.0909. The van der Waals surface area contributed by atoms with Crippen LogP contribution in [-0.4, -0.2) is 29.0 Å². The molecule has 3 amide bonds. The molecule has 0 aromatic heterocycles. The highest BCUT2D eigenvalue weighted by Gasteiger charge is 2.36. The Morgan fingerprint density at radius 2 is 1.54 bits per heavy atom. The van der Waals surface area contributed by atoms with Gasteiger partial charge in [-0.05, 0) is 66.7 Å². The number of carbonyl (C=O) groups is 2. The summed E-state index contributed by atoms with van der Waals surface area (Å²) in [6.07, 6.45) is 8.23. The van der Waals surface area contributed by atoms with Gasteiger partial charge in [0.2, 0.25) is 5.91 Å². The van der Waals surface area contributed by atoms with Gasteiger partial charge in [-0.2, -0.15) is 0 Å². The molecule has 2 N–H and O–H groups in total. The fourth-order valence-corrected chi connectivity index (χ4v) is 6.66. The average molecular weight is 578 g/mol. The van der Waals surface area contributed by atoms with Crippen molar-refractivity contribution < 1.29 is 14.3 Å². The third kappa shape index (κ3) is 6.51. The molecule has 2 unspecified atom stereocenters. The lowest BCUT2D eigenvalue weighted by Crippen LogP contribution is -2.49. The summed E-state index contributed by atoms with van der Waals surface area (Å²) < 4.78 is 5.81. The number of fused-ring (bicyclic) bond motifs is 2. The van der Waals surface area contributed by atoms with Crippen LogP contribution < -0.4 is 20.3 Å². The van der Waals surface area contributed by atoms with Crippen molar-refractivity contribution in [2.24, 2.45) is 0 Å². The first-order chi connectivity index (χ1) is 20.1. The Bertz CT molecular complexity index is 1610. The molecule has 1 aliphatic heterocycles. The van der Waals surface area contributed by atoms with E-state index in [9.17, 15) is 9.59 Å². The molecule has 0 radical (unpaired) electrons. The first kappa shape index (κ1) is 26.8. The Balaban J connectivity index is 1.05. The van der Waals surface area contributed by atoms with Gasteiger partial charge in [0.25, 0.3) is 0 Å². The molecule has 1 aliphatic carbocycles. The summed E-state index contributed by atoms with van der Waals surface area (Å²) in [5.41, 5.74) is 2.27. The van der Waals surface area contributed by atoms with Crippen molar-refractivity contribution in [3.05, 3.63) is 127 Å². The van der Waals surface area contributed by atoms with E-state index < -0.39 is 0 Å². The van der Waals surface area contributed by atoms with Gasteiger partial charge in [-0.25, -0.2) is 4.79 Å². The molecule has 0 bridgehead atoms. The summed E-state index contributed by atoms with van der Waals surface area (Å²) in [6.45, 7) is 0. The van der Waals surface area contributed by atoms with Gasteiger partial charge < -0.3 is 15.4 Å². The molecule has 0 saturated heterocycles. The summed E-state index contributed by atoms with van der Waals surface area (Å²) in [4.78, 5) is 30.0. The predicted molar refractivity (Wildman–Crippen MR) is 168 cm³/mol. The van der Waals surface area contributed by atoms with E-state index in [2.05, 4.69) is 28.9 Å². The number of carbonyl (C=O) groups excluding carboxylic acids is 2. The minimum absolute atomic E-state index is 0.0693. The number of ether oxygens (including phenoxy) is 1. The summed E-state index contributed by atoms with van der Waals surface area (Å²) in [6, 6.07) is 32.1. The molecule has 2 atom stereocenters. The minimum Gasteiger partial charge on any atom is -0.457 e. The van der Waals surface area contributed by atoms with Crippen molar-refractivity contribution in [1.82, 2.24) is 0 Å². The maximum Gasteiger partial charge on any atom is 0.326 e. The second-order valence-electron chi connectivity index (χ2n) is 9.41. The van der Waals surface area contributed by atoms with Crippen molar-refractivity contribution in [3.63, 3.8) is 0 Å². The fourth-order valence-electron chi connectivity index (χ4n) is 4.65. The number of nitrogens with zero attached hydrogens (tertiary/aromatic N) is 1. The number of para-hydroxylation sites is 2. The molecule has 6 nitrogen and oxygen atoms in total. The van der Waals surface area contributed by atoms with E-state index in [1.807, 2.05) is 114 Å². The van der Waals surface area contributed by atoms with Crippen LogP contribution in [0.1, 0.15) is 0 Å². The second-order valence-corrected chi connectivity index (χ2v) is 11.7. The van der Waals surface area contributed by atoms with Crippen LogP contribution >= 0.6 is 23.5 Å². The smallest absolute Gasteiger partial charge is 0.326 e. The number of anilines is 3. The molecule has 0 spiro atoms. The van der Waals surface area contributed by atoms with Gasteiger partial charge in [0.15, 0.2) is 0 Å². The topological polar surface area (TPSA) is 70.7 Å². The maximum absolute atomic E-state index is 13.6. The van der Waals surface area contributed by atoms with Crippen LogP contribution in [0.5, 0.6) is 11.5 Å². The van der Waals surface area contributed by atoms with Crippen LogP contribution in [-0.2, 0) is 4.79 Å². The van der Waals surface area contributed by atoms with E-state index in [-0.39, 0.29) is 29.0 Å². The van der Waals surface area contributed by atoms with E-state index in [1.165, 1.54) is 11.8 Å². The highest BCUT2D eigenvalue weighted by atomic mass is 32.2. The minimum atomic E-state index is -0.188. The maximum atomic E-state index is 13.6. The van der Waals surface area contributed by atoms with E-state index in [0.717, 1.165) is 21.2 Å². The third-order valence-electron chi connectivity index (χ3n) is 6.53. The van der Waals surface area contributed by atoms with E-state index in [1.54, 1.807) is 11.8 Å². The van der Waals surface area contributed by atoms with E-state index >= 15 is 0 Å². The number of amides is 3. The first-order valence-electron chi connectivity index (χ1n) is 13.2. The molecule has 8 heteroatoms. The molecule has 1 heterocycles. The summed E-state index contributed by atoms with van der Waals surface area (Å²) in [7, 11) is 0. The van der Waals surface area contributed by atoms with Gasteiger partial charge in [0.1, 0.15) is 11.5 Å². The zero-order valence-corrected chi connectivity index (χ0v) is 23.6. The molecule has 0 fully saturated rings. The molecule has 6 rings (SSSR count). The summed E-state index contributed by atoms with van der Waals surface area (Å²) in [5.74, 6) is 1.57. The lowest BCUT2D eigenvalue weighted by Gasteiger charge is -2.40. The molecule has 204 valence electrons. The predicted octanol–water partition coefficient (Wildman–Crippen LogP) is 8.22. The highest BCUT2D eigenvalue weighted by molar-refractivity contribution is 8.00. The number of thioether (sulfide) groups is 2. The first-order valence-corrected chi connectivity index (χ1v) is 15.1. The second kappa shape index (κ2) is 12.4. The van der Waals surface area contributed by atoms with E-state index in [4.69, 9.17) is 4.74 Å². The Morgan fingerprint density at radius 1 is 0.780 bits per heavy atom. The molecule has 4 aromatic rings. The van der Waals surface area contributed by atoms with Crippen molar-refractivity contribution >= 4 is 52.5 Å². The molecule has 2 aliphatic rings. The van der Waals surface area contributed by atoms with Gasteiger partial charge in [-0.15, -0.1) is 23.5 Å². The third-order valence-corrected chi connectivity index (χ3v) is 8.83. The molecule has 0 saturated carbocycles. The lowest BCUT2D eigenvalue weighted by atomic mass is 10.1.